The molecule has 5 aromatic carbocycles. The zero-order chi connectivity index (χ0) is 37.2. The van der Waals surface area contributed by atoms with Crippen molar-refractivity contribution in [2.24, 2.45) is 4.99 Å². The Morgan fingerprint density at radius 3 is 2.04 bits per heavy atom. The van der Waals surface area contributed by atoms with Gasteiger partial charge >= 0.3 is 5.97 Å². The Kier molecular flexibility index (Phi) is 9.87. The maximum Gasteiger partial charge on any atom is 0.338 e. The van der Waals surface area contributed by atoms with Crippen molar-refractivity contribution in [3.05, 3.63) is 193 Å². The quantitative estimate of drug-likeness (QED) is 0.109. The zero-order valence-electron chi connectivity index (χ0n) is 30.1. The number of benzene rings is 5. The average Bonchev–Trinajstić information content (AvgIpc) is 3.75. The molecule has 7 aromatic rings. The average molecular weight is 744 g/mol. The van der Waals surface area contributed by atoms with E-state index in [0.717, 1.165) is 49.8 Å². The number of rotatable bonds is 9. The number of thiazole rings is 1. The lowest BCUT2D eigenvalue weighted by atomic mass is 9.93. The molecule has 0 saturated heterocycles. The fourth-order valence-corrected chi connectivity index (χ4v) is 8.40. The number of aromatic nitrogens is 2. The molecule has 266 valence electrons. The van der Waals surface area contributed by atoms with Crippen LogP contribution in [0.15, 0.2) is 166 Å². The van der Waals surface area contributed by atoms with E-state index in [1.54, 1.807) is 23.3 Å². The second kappa shape index (κ2) is 15.2. The van der Waals surface area contributed by atoms with Gasteiger partial charge in [0.15, 0.2) is 4.80 Å². The molecule has 54 heavy (non-hydrogen) atoms. The first-order chi connectivity index (χ1) is 26.4. The smallest absolute Gasteiger partial charge is 0.338 e. The fourth-order valence-electron chi connectivity index (χ4n) is 7.00. The molecule has 0 spiro atoms. The molecule has 0 bridgehead atoms. The molecule has 8 rings (SSSR count). The molecule has 3 heterocycles. The van der Waals surface area contributed by atoms with Gasteiger partial charge in [0.2, 0.25) is 0 Å². The standard InChI is InChI=1S/C46H37N3O3S2/c1-4-52-45(51)40-41(32-16-10-6-11-17-32)47-46-49(43(40)34-22-26-37(53-3)27-23-34)44(50)39(54-46)29-35-28-38(31-14-8-5-9-15-31)48(36-24-20-30(2)21-25-36)42(35)33-18-12-7-13-19-33/h5-29,43H,4H2,1-3H3/b39-29-/t43-/m0/s1. The van der Waals surface area contributed by atoms with E-state index in [0.29, 0.717) is 20.6 Å². The largest absolute Gasteiger partial charge is 0.463 e. The third kappa shape index (κ3) is 6.59. The molecule has 6 nitrogen and oxygen atoms in total. The highest BCUT2D eigenvalue weighted by molar-refractivity contribution is 7.98. The van der Waals surface area contributed by atoms with Crippen LogP contribution in [0.4, 0.5) is 0 Å². The summed E-state index contributed by atoms with van der Waals surface area (Å²) in [5.41, 5.74) is 9.29. The Morgan fingerprint density at radius 2 is 1.43 bits per heavy atom. The first kappa shape index (κ1) is 35.1. The Balaban J connectivity index is 1.42. The number of ether oxygens (including phenoxy) is 1. The van der Waals surface area contributed by atoms with Crippen LogP contribution >= 0.6 is 23.1 Å². The van der Waals surface area contributed by atoms with Crippen molar-refractivity contribution in [2.75, 3.05) is 12.9 Å². The lowest BCUT2D eigenvalue weighted by molar-refractivity contribution is -0.138. The summed E-state index contributed by atoms with van der Waals surface area (Å²) in [5, 5.41) is 0. The first-order valence-corrected chi connectivity index (χ1v) is 19.9. The Labute approximate surface area is 322 Å². The van der Waals surface area contributed by atoms with Crippen molar-refractivity contribution < 1.29 is 9.53 Å². The molecule has 1 atom stereocenters. The lowest BCUT2D eigenvalue weighted by Crippen LogP contribution is -2.40. The van der Waals surface area contributed by atoms with Gasteiger partial charge in [-0.2, -0.15) is 0 Å². The van der Waals surface area contributed by atoms with E-state index in [1.165, 1.54) is 16.9 Å². The van der Waals surface area contributed by atoms with Crippen molar-refractivity contribution in [2.45, 2.75) is 24.8 Å². The minimum absolute atomic E-state index is 0.191. The molecule has 0 amide bonds. The van der Waals surface area contributed by atoms with Crippen LogP contribution in [0.3, 0.4) is 0 Å². The Hall–Kier alpha value is -5.96. The SMILES string of the molecule is CCOC(=O)C1=C(c2ccccc2)N=c2s/c(=C\c3cc(-c4ccccc4)n(-c4ccc(C)cc4)c3-c3ccccc3)c(=O)n2[C@H]1c1ccc(SC)cc1. The molecular weight excluding hydrogens is 707 g/mol. The summed E-state index contributed by atoms with van der Waals surface area (Å²) in [7, 11) is 0. The minimum Gasteiger partial charge on any atom is -0.463 e. The predicted octanol–water partition coefficient (Wildman–Crippen LogP) is 9.09. The van der Waals surface area contributed by atoms with Crippen LogP contribution < -0.4 is 14.9 Å². The van der Waals surface area contributed by atoms with Gasteiger partial charge in [-0.1, -0.05) is 132 Å². The number of fused-ring (bicyclic) bond motifs is 1. The normalized spacial score (nSPS) is 14.1. The number of hydrogen-bond acceptors (Lipinski definition) is 6. The maximum absolute atomic E-state index is 14.9. The Bertz CT molecular complexity index is 2680. The van der Waals surface area contributed by atoms with E-state index in [2.05, 4.69) is 66.1 Å². The highest BCUT2D eigenvalue weighted by atomic mass is 32.2. The summed E-state index contributed by atoms with van der Waals surface area (Å²) in [6.07, 6.45) is 4.00. The second-order valence-electron chi connectivity index (χ2n) is 12.9. The van der Waals surface area contributed by atoms with E-state index < -0.39 is 12.0 Å². The van der Waals surface area contributed by atoms with Crippen molar-refractivity contribution in [3.63, 3.8) is 0 Å². The number of nitrogens with zero attached hydrogens (tertiary/aromatic N) is 3. The number of hydrogen-bond donors (Lipinski definition) is 0. The number of carbonyl (C=O) groups is 1. The summed E-state index contributed by atoms with van der Waals surface area (Å²) >= 11 is 2.96. The van der Waals surface area contributed by atoms with Crippen molar-refractivity contribution in [1.29, 1.82) is 0 Å². The van der Waals surface area contributed by atoms with E-state index in [1.807, 2.05) is 103 Å². The summed E-state index contributed by atoms with van der Waals surface area (Å²) < 4.78 is 10.1. The fraction of sp³-hybridized carbons (Fsp3) is 0.109. The third-order valence-electron chi connectivity index (χ3n) is 9.53. The lowest BCUT2D eigenvalue weighted by Gasteiger charge is -2.26. The second-order valence-corrected chi connectivity index (χ2v) is 14.8. The van der Waals surface area contributed by atoms with Crippen LogP contribution in [-0.2, 0) is 9.53 Å². The van der Waals surface area contributed by atoms with Gasteiger partial charge in [0.1, 0.15) is 0 Å². The minimum atomic E-state index is -0.751. The molecule has 0 N–H and O–H groups in total. The van der Waals surface area contributed by atoms with Crippen LogP contribution in [0.2, 0.25) is 0 Å². The molecule has 1 aliphatic heterocycles. The molecule has 1 aliphatic rings. The van der Waals surface area contributed by atoms with Crippen molar-refractivity contribution in [3.8, 4) is 28.2 Å². The highest BCUT2D eigenvalue weighted by Crippen LogP contribution is 2.38. The van der Waals surface area contributed by atoms with E-state index in [4.69, 9.17) is 9.73 Å². The number of aryl methyl sites for hydroxylation is 1. The van der Waals surface area contributed by atoms with E-state index in [-0.39, 0.29) is 12.2 Å². The maximum atomic E-state index is 14.9. The number of esters is 1. The Morgan fingerprint density at radius 1 is 0.815 bits per heavy atom. The molecule has 0 fully saturated rings. The number of carbonyl (C=O) groups excluding carboxylic acids is 1. The molecule has 0 aliphatic carbocycles. The predicted molar refractivity (Wildman–Crippen MR) is 221 cm³/mol. The topological polar surface area (TPSA) is 65.6 Å². The van der Waals surface area contributed by atoms with Crippen LogP contribution in [-0.4, -0.2) is 28.0 Å². The van der Waals surface area contributed by atoms with Gasteiger partial charge in [-0.05, 0) is 73.2 Å². The van der Waals surface area contributed by atoms with Gasteiger partial charge in [0, 0.05) is 21.7 Å². The van der Waals surface area contributed by atoms with E-state index in [9.17, 15) is 9.59 Å². The molecule has 0 radical (unpaired) electrons. The first-order valence-electron chi connectivity index (χ1n) is 17.8. The van der Waals surface area contributed by atoms with Crippen LogP contribution in [0.5, 0.6) is 0 Å². The zero-order valence-corrected chi connectivity index (χ0v) is 31.7. The van der Waals surface area contributed by atoms with Crippen molar-refractivity contribution >= 4 is 40.8 Å². The molecule has 0 saturated carbocycles. The third-order valence-corrected chi connectivity index (χ3v) is 11.3. The molecular formula is C46H37N3O3S2. The summed E-state index contributed by atoms with van der Waals surface area (Å²) in [5.74, 6) is -0.498. The van der Waals surface area contributed by atoms with Crippen molar-refractivity contribution in [1.82, 2.24) is 9.13 Å². The van der Waals surface area contributed by atoms with Crippen LogP contribution in [0, 0.1) is 6.92 Å². The molecule has 0 unspecified atom stereocenters. The van der Waals surface area contributed by atoms with Gasteiger partial charge in [-0.3, -0.25) is 9.36 Å². The van der Waals surface area contributed by atoms with Gasteiger partial charge in [0.05, 0.1) is 39.8 Å². The van der Waals surface area contributed by atoms with Gasteiger partial charge in [-0.25, -0.2) is 9.79 Å². The summed E-state index contributed by atoms with van der Waals surface area (Å²) in [6, 6.07) is 48.2. The summed E-state index contributed by atoms with van der Waals surface area (Å²) in [6.45, 7) is 4.06. The van der Waals surface area contributed by atoms with Crippen LogP contribution in [0.25, 0.3) is 40.0 Å². The monoisotopic (exact) mass is 743 g/mol. The highest BCUT2D eigenvalue weighted by Gasteiger charge is 2.35. The van der Waals surface area contributed by atoms with Gasteiger partial charge in [-0.15, -0.1) is 11.8 Å². The van der Waals surface area contributed by atoms with Gasteiger partial charge in [0.25, 0.3) is 5.56 Å². The van der Waals surface area contributed by atoms with E-state index >= 15 is 0 Å². The molecule has 8 heteroatoms. The molecule has 2 aromatic heterocycles. The van der Waals surface area contributed by atoms with Gasteiger partial charge < -0.3 is 9.30 Å². The number of thioether (sulfide) groups is 1. The summed E-state index contributed by atoms with van der Waals surface area (Å²) in [4.78, 5) is 35.5. The van der Waals surface area contributed by atoms with Crippen LogP contribution in [0.1, 0.15) is 35.2 Å².